The van der Waals surface area contributed by atoms with Gasteiger partial charge in [-0.3, -0.25) is 14.3 Å². The van der Waals surface area contributed by atoms with Gasteiger partial charge >= 0.3 is 0 Å². The van der Waals surface area contributed by atoms with Crippen molar-refractivity contribution in [1.82, 2.24) is 20.0 Å². The molecule has 0 bridgehead atoms. The van der Waals surface area contributed by atoms with Gasteiger partial charge in [0.2, 0.25) is 5.91 Å². The van der Waals surface area contributed by atoms with Gasteiger partial charge in [0.05, 0.1) is 12.2 Å². The Labute approximate surface area is 172 Å². The molecule has 0 unspecified atom stereocenters. The normalized spacial score (nSPS) is 24.0. The predicted octanol–water partition coefficient (Wildman–Crippen LogP) is 2.18. The van der Waals surface area contributed by atoms with Crippen molar-refractivity contribution in [3.63, 3.8) is 0 Å². The smallest absolute Gasteiger partial charge is 0.272 e. The quantitative estimate of drug-likeness (QED) is 0.841. The second kappa shape index (κ2) is 7.42. The summed E-state index contributed by atoms with van der Waals surface area (Å²) in [5.41, 5.74) is 2.35. The highest BCUT2D eigenvalue weighted by molar-refractivity contribution is 5.94. The number of likely N-dealkylation sites (tertiary alicyclic amines) is 1. The van der Waals surface area contributed by atoms with Gasteiger partial charge in [-0.25, -0.2) is 0 Å². The minimum Gasteiger partial charge on any atom is -0.370 e. The first-order valence-electron chi connectivity index (χ1n) is 11.3. The molecule has 1 saturated heterocycles. The third-order valence-corrected chi connectivity index (χ3v) is 7.44. The molecule has 1 aromatic rings. The van der Waals surface area contributed by atoms with Crippen LogP contribution in [0.4, 0.5) is 0 Å². The van der Waals surface area contributed by atoms with Crippen molar-refractivity contribution in [3.8, 4) is 0 Å². The molecular formula is C22H32N4O3. The Morgan fingerprint density at radius 3 is 2.59 bits per heavy atom. The molecule has 1 aromatic heterocycles. The SMILES string of the molecule is Cn1nc(C(=O)NCC2CC2)c2c1CC1(CCN(C(=O)C3CCCC3)CC1)OC2. The molecule has 0 atom stereocenters. The zero-order valence-electron chi connectivity index (χ0n) is 17.4. The van der Waals surface area contributed by atoms with Gasteiger partial charge in [0, 0.05) is 50.3 Å². The predicted molar refractivity (Wildman–Crippen MR) is 107 cm³/mol. The fourth-order valence-electron chi connectivity index (χ4n) is 5.27. The van der Waals surface area contributed by atoms with Gasteiger partial charge in [-0.2, -0.15) is 5.10 Å². The molecule has 4 aliphatic rings. The third-order valence-electron chi connectivity index (χ3n) is 7.44. The number of carbonyl (C=O) groups is 2. The van der Waals surface area contributed by atoms with E-state index in [1.165, 1.54) is 25.7 Å². The summed E-state index contributed by atoms with van der Waals surface area (Å²) in [7, 11) is 1.92. The highest BCUT2D eigenvalue weighted by atomic mass is 16.5. The van der Waals surface area contributed by atoms with Crippen molar-refractivity contribution < 1.29 is 14.3 Å². The first-order chi connectivity index (χ1) is 14.0. The molecule has 7 heteroatoms. The lowest BCUT2D eigenvalue weighted by atomic mass is 9.83. The molecule has 2 amide bonds. The number of aryl methyl sites for hydroxylation is 1. The van der Waals surface area contributed by atoms with Crippen LogP contribution in [0.2, 0.25) is 0 Å². The second-order valence-corrected chi connectivity index (χ2v) is 9.51. The van der Waals surface area contributed by atoms with Crippen LogP contribution in [0.3, 0.4) is 0 Å². The summed E-state index contributed by atoms with van der Waals surface area (Å²) >= 11 is 0. The minimum atomic E-state index is -0.227. The lowest BCUT2D eigenvalue weighted by molar-refractivity contribution is -0.145. The number of fused-ring (bicyclic) bond motifs is 1. The first kappa shape index (κ1) is 19.1. The van der Waals surface area contributed by atoms with Gasteiger partial charge in [-0.05, 0) is 44.4 Å². The number of carbonyl (C=O) groups excluding carboxylic acids is 2. The van der Waals surface area contributed by atoms with E-state index in [4.69, 9.17) is 4.74 Å². The molecule has 29 heavy (non-hydrogen) atoms. The third kappa shape index (κ3) is 3.69. The topological polar surface area (TPSA) is 76.5 Å². The van der Waals surface area contributed by atoms with Crippen molar-refractivity contribution in [2.24, 2.45) is 18.9 Å². The maximum Gasteiger partial charge on any atom is 0.272 e. The molecule has 158 valence electrons. The summed E-state index contributed by atoms with van der Waals surface area (Å²) in [6.45, 7) is 2.74. The Morgan fingerprint density at radius 1 is 1.17 bits per heavy atom. The fourth-order valence-corrected chi connectivity index (χ4v) is 5.27. The fraction of sp³-hybridized carbons (Fsp3) is 0.773. The molecule has 3 fully saturated rings. The lowest BCUT2D eigenvalue weighted by Gasteiger charge is -2.44. The standard InChI is InChI=1S/C22H32N4O3/c1-25-18-12-22(8-10-26(11-9-22)21(28)16-4-2-3-5-16)29-14-17(18)19(24-25)20(27)23-13-15-6-7-15/h15-16H,2-14H2,1H3,(H,23,27). The Kier molecular flexibility index (Phi) is 4.88. The van der Waals surface area contributed by atoms with Crippen LogP contribution in [0.5, 0.6) is 0 Å². The molecule has 7 nitrogen and oxygen atoms in total. The number of aromatic nitrogens is 2. The molecule has 3 heterocycles. The Balaban J connectivity index is 1.24. The van der Waals surface area contributed by atoms with Crippen LogP contribution >= 0.6 is 0 Å². The van der Waals surface area contributed by atoms with Crippen molar-refractivity contribution in [3.05, 3.63) is 17.0 Å². The van der Waals surface area contributed by atoms with Gasteiger partial charge < -0.3 is 15.0 Å². The summed E-state index contributed by atoms with van der Waals surface area (Å²) in [6.07, 6.45) is 9.42. The summed E-state index contributed by atoms with van der Waals surface area (Å²) < 4.78 is 8.22. The van der Waals surface area contributed by atoms with Crippen LogP contribution in [0.25, 0.3) is 0 Å². The number of hydrogen-bond donors (Lipinski definition) is 1. The van der Waals surface area contributed by atoms with Gasteiger partial charge in [-0.15, -0.1) is 0 Å². The Hall–Kier alpha value is -1.89. The molecule has 2 saturated carbocycles. The number of nitrogens with zero attached hydrogens (tertiary/aromatic N) is 3. The minimum absolute atomic E-state index is 0.0784. The van der Waals surface area contributed by atoms with E-state index in [-0.39, 0.29) is 17.4 Å². The molecule has 0 radical (unpaired) electrons. The van der Waals surface area contributed by atoms with Crippen LogP contribution in [0, 0.1) is 11.8 Å². The van der Waals surface area contributed by atoms with Crippen molar-refractivity contribution in [2.75, 3.05) is 19.6 Å². The van der Waals surface area contributed by atoms with Crippen LogP contribution in [0.1, 0.15) is 73.1 Å². The summed E-state index contributed by atoms with van der Waals surface area (Å²) in [5, 5.41) is 7.55. The Morgan fingerprint density at radius 2 is 1.90 bits per heavy atom. The molecular weight excluding hydrogens is 368 g/mol. The van der Waals surface area contributed by atoms with Crippen LogP contribution in [0.15, 0.2) is 0 Å². The van der Waals surface area contributed by atoms with Gasteiger partial charge in [0.15, 0.2) is 5.69 Å². The maximum absolute atomic E-state index is 12.7. The van der Waals surface area contributed by atoms with Crippen LogP contribution in [-0.2, 0) is 29.6 Å². The van der Waals surface area contributed by atoms with Crippen molar-refractivity contribution in [2.45, 2.75) is 70.0 Å². The molecule has 5 rings (SSSR count). The van der Waals surface area contributed by atoms with E-state index in [1.807, 2.05) is 11.7 Å². The number of rotatable bonds is 4. The van der Waals surface area contributed by atoms with E-state index in [2.05, 4.69) is 15.3 Å². The van der Waals surface area contributed by atoms with E-state index in [1.54, 1.807) is 0 Å². The van der Waals surface area contributed by atoms with Gasteiger partial charge in [0.1, 0.15) is 0 Å². The van der Waals surface area contributed by atoms with E-state index in [0.717, 1.165) is 63.0 Å². The highest BCUT2D eigenvalue weighted by Crippen LogP contribution is 2.38. The number of piperidine rings is 1. The van der Waals surface area contributed by atoms with Crippen molar-refractivity contribution >= 4 is 11.8 Å². The molecule has 2 aliphatic carbocycles. The molecule has 1 spiro atoms. The zero-order valence-corrected chi connectivity index (χ0v) is 17.4. The first-order valence-corrected chi connectivity index (χ1v) is 11.3. The summed E-state index contributed by atoms with van der Waals surface area (Å²) in [6, 6.07) is 0. The largest absolute Gasteiger partial charge is 0.370 e. The summed E-state index contributed by atoms with van der Waals surface area (Å²) in [5.74, 6) is 1.17. The summed E-state index contributed by atoms with van der Waals surface area (Å²) in [4.78, 5) is 27.4. The van der Waals surface area contributed by atoms with Gasteiger partial charge in [0.25, 0.3) is 5.91 Å². The second-order valence-electron chi connectivity index (χ2n) is 9.51. The van der Waals surface area contributed by atoms with Crippen LogP contribution < -0.4 is 5.32 Å². The zero-order chi connectivity index (χ0) is 20.0. The molecule has 1 N–H and O–H groups in total. The molecule has 2 aliphatic heterocycles. The number of amides is 2. The number of hydrogen-bond acceptors (Lipinski definition) is 4. The van der Waals surface area contributed by atoms with Gasteiger partial charge in [-0.1, -0.05) is 12.8 Å². The lowest BCUT2D eigenvalue weighted by Crippen LogP contribution is -2.51. The average molecular weight is 401 g/mol. The number of ether oxygens (including phenoxy) is 1. The average Bonchev–Trinajstić information content (AvgIpc) is 3.29. The highest BCUT2D eigenvalue weighted by Gasteiger charge is 2.43. The van der Waals surface area contributed by atoms with E-state index in [9.17, 15) is 9.59 Å². The van der Waals surface area contributed by atoms with E-state index in [0.29, 0.717) is 24.1 Å². The number of nitrogens with one attached hydrogen (secondary N) is 1. The van der Waals surface area contributed by atoms with Crippen LogP contribution in [-0.4, -0.2) is 51.7 Å². The van der Waals surface area contributed by atoms with E-state index < -0.39 is 0 Å². The maximum atomic E-state index is 12.7. The Bertz CT molecular complexity index is 799. The van der Waals surface area contributed by atoms with E-state index >= 15 is 0 Å². The molecule has 0 aromatic carbocycles. The monoisotopic (exact) mass is 400 g/mol. The van der Waals surface area contributed by atoms with Crippen molar-refractivity contribution in [1.29, 1.82) is 0 Å².